The Morgan fingerprint density at radius 3 is 2.41 bits per heavy atom. The lowest BCUT2D eigenvalue weighted by atomic mass is 9.69. The van der Waals surface area contributed by atoms with Gasteiger partial charge in [-0.25, -0.2) is 0 Å². The Labute approximate surface area is 179 Å². The van der Waals surface area contributed by atoms with E-state index in [1.54, 1.807) is 0 Å². The molecule has 0 saturated heterocycles. The smallest absolute Gasteiger partial charge is 0.418 e. The number of fused-ring (bicyclic) bond motifs is 1. The Morgan fingerprint density at radius 2 is 1.78 bits per heavy atom. The van der Waals surface area contributed by atoms with Crippen molar-refractivity contribution >= 4 is 17.3 Å². The highest BCUT2D eigenvalue weighted by Crippen LogP contribution is 2.51. The molecule has 32 heavy (non-hydrogen) atoms. The maximum Gasteiger partial charge on any atom is 0.418 e. The molecular formula is C23H13F3N4O2. The number of carbonyl (C=O) groups is 1. The Hall–Kier alpha value is -4.41. The predicted molar refractivity (Wildman–Crippen MR) is 111 cm³/mol. The standard InChI is InChI=1S/C23H13F3N4O2/c1-2-13-12-15(8-11-19(13)29-30-27)22(14-6-9-16(31)10-7-14)17-4-3-5-18(23(24,25)26)20(17)28-21(22)32/h1,3-12,31H,(H,28,32). The Balaban J connectivity index is 2.10. The fraction of sp³-hybridized carbons (Fsp3) is 0.0870. The number of para-hydroxylation sites is 1. The fourth-order valence-corrected chi connectivity index (χ4v) is 4.04. The molecule has 0 aliphatic carbocycles. The maximum atomic E-state index is 13.7. The molecule has 3 aromatic carbocycles. The molecule has 2 N–H and O–H groups in total. The number of nitrogens with zero attached hydrogens (tertiary/aromatic N) is 3. The van der Waals surface area contributed by atoms with Crippen LogP contribution in [-0.2, 0) is 16.4 Å². The van der Waals surface area contributed by atoms with Crippen molar-refractivity contribution in [2.75, 3.05) is 5.32 Å². The third-order valence-corrected chi connectivity index (χ3v) is 5.39. The summed E-state index contributed by atoms with van der Waals surface area (Å²) in [4.78, 5) is 16.2. The first-order chi connectivity index (χ1) is 15.2. The van der Waals surface area contributed by atoms with Gasteiger partial charge >= 0.3 is 6.18 Å². The average molecular weight is 434 g/mol. The van der Waals surface area contributed by atoms with Gasteiger partial charge in [-0.15, -0.1) is 6.42 Å². The van der Waals surface area contributed by atoms with Crippen molar-refractivity contribution in [2.24, 2.45) is 5.11 Å². The molecule has 1 heterocycles. The fourth-order valence-electron chi connectivity index (χ4n) is 4.04. The highest BCUT2D eigenvalue weighted by atomic mass is 19.4. The second kappa shape index (κ2) is 7.38. The van der Waals surface area contributed by atoms with Crippen LogP contribution in [0.15, 0.2) is 65.8 Å². The lowest BCUT2D eigenvalue weighted by Crippen LogP contribution is -2.37. The molecule has 9 heteroatoms. The Kier molecular flexibility index (Phi) is 4.80. The molecule has 1 amide bonds. The van der Waals surface area contributed by atoms with Crippen LogP contribution in [0.4, 0.5) is 24.5 Å². The molecule has 0 fully saturated rings. The van der Waals surface area contributed by atoms with Gasteiger partial charge in [0, 0.05) is 16.0 Å². The molecule has 0 aromatic heterocycles. The molecule has 1 unspecified atom stereocenters. The van der Waals surface area contributed by atoms with Crippen LogP contribution >= 0.6 is 0 Å². The molecular weight excluding hydrogens is 421 g/mol. The molecule has 6 nitrogen and oxygen atoms in total. The van der Waals surface area contributed by atoms with Crippen molar-refractivity contribution in [2.45, 2.75) is 11.6 Å². The lowest BCUT2D eigenvalue weighted by molar-refractivity contribution is -0.136. The van der Waals surface area contributed by atoms with Crippen LogP contribution in [0.25, 0.3) is 10.4 Å². The van der Waals surface area contributed by atoms with Crippen molar-refractivity contribution in [3.05, 3.63) is 98.9 Å². The SMILES string of the molecule is C#Cc1cc(C2(c3ccc(O)cc3)C(=O)Nc3c(C(F)(F)F)cccc32)ccc1N=[N+]=[N-]. The minimum atomic E-state index is -4.70. The number of hydrogen-bond donors (Lipinski definition) is 2. The Bertz CT molecular complexity index is 1340. The third-order valence-electron chi connectivity index (χ3n) is 5.39. The van der Waals surface area contributed by atoms with Gasteiger partial charge in [-0.1, -0.05) is 47.4 Å². The van der Waals surface area contributed by atoms with Crippen LogP contribution in [-0.4, -0.2) is 11.0 Å². The van der Waals surface area contributed by atoms with E-state index >= 15 is 0 Å². The van der Waals surface area contributed by atoms with Gasteiger partial charge in [0.05, 0.1) is 16.9 Å². The minimum absolute atomic E-state index is 0.0745. The summed E-state index contributed by atoms with van der Waals surface area (Å²) in [5.41, 5.74) is 6.74. The summed E-state index contributed by atoms with van der Waals surface area (Å²) in [6, 6.07) is 13.5. The highest BCUT2D eigenvalue weighted by molar-refractivity contribution is 6.12. The normalized spacial score (nSPS) is 17.1. The van der Waals surface area contributed by atoms with Gasteiger partial charge in [0.1, 0.15) is 11.2 Å². The topological polar surface area (TPSA) is 98.1 Å². The first-order valence-corrected chi connectivity index (χ1v) is 9.21. The summed E-state index contributed by atoms with van der Waals surface area (Å²) < 4.78 is 41.0. The zero-order valence-electron chi connectivity index (χ0n) is 16.2. The number of nitrogens with one attached hydrogen (secondary N) is 1. The lowest BCUT2D eigenvalue weighted by Gasteiger charge is -2.29. The summed E-state index contributed by atoms with van der Waals surface area (Å²) in [6.45, 7) is 0. The number of phenols is 1. The monoisotopic (exact) mass is 434 g/mol. The molecule has 4 rings (SSSR count). The van der Waals surface area contributed by atoms with Crippen LogP contribution < -0.4 is 5.32 Å². The number of halogens is 3. The van der Waals surface area contributed by atoms with E-state index in [-0.39, 0.29) is 33.8 Å². The first-order valence-electron chi connectivity index (χ1n) is 9.21. The van der Waals surface area contributed by atoms with E-state index in [4.69, 9.17) is 12.0 Å². The number of terminal acetylenes is 1. The van der Waals surface area contributed by atoms with E-state index in [1.165, 1.54) is 54.6 Å². The molecule has 0 saturated carbocycles. The summed E-state index contributed by atoms with van der Waals surface area (Å²) in [5.74, 6) is 1.59. The number of hydrogen-bond acceptors (Lipinski definition) is 3. The first kappa shape index (κ1) is 20.8. The van der Waals surface area contributed by atoms with E-state index in [0.29, 0.717) is 5.56 Å². The number of rotatable bonds is 3. The van der Waals surface area contributed by atoms with Gasteiger partial charge in [0.25, 0.3) is 0 Å². The van der Waals surface area contributed by atoms with Crippen molar-refractivity contribution in [1.29, 1.82) is 0 Å². The van der Waals surface area contributed by atoms with Crippen LogP contribution in [0.1, 0.15) is 27.8 Å². The van der Waals surface area contributed by atoms with Gasteiger partial charge in [0.2, 0.25) is 5.91 Å². The number of azide groups is 1. The van der Waals surface area contributed by atoms with Crippen LogP contribution in [0.2, 0.25) is 0 Å². The van der Waals surface area contributed by atoms with E-state index < -0.39 is 23.1 Å². The number of phenolic OH excluding ortho intramolecular Hbond substituents is 1. The maximum absolute atomic E-state index is 13.7. The highest BCUT2D eigenvalue weighted by Gasteiger charge is 2.52. The number of anilines is 1. The summed E-state index contributed by atoms with van der Waals surface area (Å²) in [7, 11) is 0. The van der Waals surface area contributed by atoms with Gasteiger partial charge in [-0.2, -0.15) is 13.2 Å². The number of aromatic hydroxyl groups is 1. The molecule has 0 radical (unpaired) electrons. The third kappa shape index (κ3) is 3.02. The van der Waals surface area contributed by atoms with E-state index in [2.05, 4.69) is 21.3 Å². The van der Waals surface area contributed by atoms with E-state index in [1.807, 2.05) is 0 Å². The van der Waals surface area contributed by atoms with E-state index in [0.717, 1.165) is 6.07 Å². The average Bonchev–Trinajstić information content (AvgIpc) is 3.06. The van der Waals surface area contributed by atoms with Crippen LogP contribution in [0.5, 0.6) is 5.75 Å². The zero-order chi connectivity index (χ0) is 23.1. The van der Waals surface area contributed by atoms with Crippen LogP contribution in [0, 0.1) is 12.3 Å². The van der Waals surface area contributed by atoms with Crippen molar-refractivity contribution in [3.63, 3.8) is 0 Å². The molecule has 1 aliphatic rings. The number of benzene rings is 3. The second-order valence-electron chi connectivity index (χ2n) is 7.04. The molecule has 0 bridgehead atoms. The second-order valence-corrected chi connectivity index (χ2v) is 7.04. The Morgan fingerprint density at radius 1 is 1.09 bits per heavy atom. The van der Waals surface area contributed by atoms with E-state index in [9.17, 15) is 23.1 Å². The van der Waals surface area contributed by atoms with Gasteiger partial charge in [0.15, 0.2) is 0 Å². The zero-order valence-corrected chi connectivity index (χ0v) is 16.2. The van der Waals surface area contributed by atoms with Gasteiger partial charge in [-0.05, 0) is 40.9 Å². The number of amides is 1. The predicted octanol–water partition coefficient (Wildman–Crippen LogP) is 5.62. The van der Waals surface area contributed by atoms with Gasteiger partial charge < -0.3 is 10.4 Å². The van der Waals surface area contributed by atoms with Gasteiger partial charge in [-0.3, -0.25) is 4.79 Å². The van der Waals surface area contributed by atoms with Crippen LogP contribution in [0.3, 0.4) is 0 Å². The number of carbonyl (C=O) groups excluding carboxylic acids is 1. The van der Waals surface area contributed by atoms with Crippen molar-refractivity contribution in [1.82, 2.24) is 0 Å². The van der Waals surface area contributed by atoms with Crippen molar-refractivity contribution in [3.8, 4) is 18.1 Å². The molecule has 1 atom stereocenters. The van der Waals surface area contributed by atoms with Crippen molar-refractivity contribution < 1.29 is 23.1 Å². The molecule has 1 aliphatic heterocycles. The summed E-state index contributed by atoms with van der Waals surface area (Å²) >= 11 is 0. The molecule has 3 aromatic rings. The quantitative estimate of drug-likeness (QED) is 0.242. The minimum Gasteiger partial charge on any atom is -0.508 e. The summed E-state index contributed by atoms with van der Waals surface area (Å²) in [5, 5.41) is 15.6. The summed E-state index contributed by atoms with van der Waals surface area (Å²) in [6.07, 6.45) is 0.850. The largest absolute Gasteiger partial charge is 0.508 e. The number of alkyl halides is 3. The molecule has 158 valence electrons. The molecule has 0 spiro atoms.